The van der Waals surface area contributed by atoms with Crippen molar-refractivity contribution in [3.8, 4) is 0 Å². The first-order valence-electron chi connectivity index (χ1n) is 5.43. The van der Waals surface area contributed by atoms with Crippen LogP contribution in [0, 0.1) is 0 Å². The van der Waals surface area contributed by atoms with Crippen molar-refractivity contribution in [2.24, 2.45) is 4.99 Å². The fourth-order valence-corrected chi connectivity index (χ4v) is 3.33. The van der Waals surface area contributed by atoms with Gasteiger partial charge < -0.3 is 10.4 Å². The fourth-order valence-electron chi connectivity index (χ4n) is 1.88. The molecule has 2 unspecified atom stereocenters. The quantitative estimate of drug-likeness (QED) is 0.864. The number of fused-ring (bicyclic) bond motifs is 3. The van der Waals surface area contributed by atoms with E-state index in [2.05, 4.69) is 19.1 Å². The lowest BCUT2D eigenvalue weighted by Crippen LogP contribution is -2.30. The Morgan fingerprint density at radius 2 is 2.44 bits per heavy atom. The minimum Gasteiger partial charge on any atom is -0.481 e. The molecule has 2 atom stereocenters. The smallest absolute Gasteiger partial charge is 0.304 e. The molecule has 0 spiro atoms. The Labute approximate surface area is 112 Å². The van der Waals surface area contributed by atoms with E-state index in [9.17, 15) is 4.79 Å². The largest absolute Gasteiger partial charge is 0.481 e. The summed E-state index contributed by atoms with van der Waals surface area (Å²) in [6, 6.07) is 0.102. The molecule has 1 aromatic rings. The maximum Gasteiger partial charge on any atom is 0.304 e. The summed E-state index contributed by atoms with van der Waals surface area (Å²) < 4.78 is 8.46. The van der Waals surface area contributed by atoms with Gasteiger partial charge in [-0.15, -0.1) is 0 Å². The van der Waals surface area contributed by atoms with Gasteiger partial charge in [-0.2, -0.15) is 8.75 Å². The maximum absolute atomic E-state index is 10.5. The van der Waals surface area contributed by atoms with Gasteiger partial charge in [0.1, 0.15) is 17.4 Å². The molecular weight excluding hydrogens is 272 g/mol. The van der Waals surface area contributed by atoms with Gasteiger partial charge in [0.05, 0.1) is 24.2 Å². The third-order valence-electron chi connectivity index (χ3n) is 2.72. The van der Waals surface area contributed by atoms with Gasteiger partial charge in [0.15, 0.2) is 5.17 Å². The van der Waals surface area contributed by atoms with Gasteiger partial charge in [-0.25, -0.2) is 0 Å². The van der Waals surface area contributed by atoms with E-state index in [-0.39, 0.29) is 18.5 Å². The second-order valence-electron chi connectivity index (χ2n) is 3.94. The third-order valence-corrected chi connectivity index (χ3v) is 4.19. The molecule has 3 rings (SSSR count). The van der Waals surface area contributed by atoms with Gasteiger partial charge in [-0.3, -0.25) is 9.79 Å². The molecular formula is C10H10N4O2S2. The van der Waals surface area contributed by atoms with Crippen LogP contribution < -0.4 is 5.32 Å². The highest BCUT2D eigenvalue weighted by Gasteiger charge is 2.34. The number of hydrogen-bond acceptors (Lipinski definition) is 7. The summed E-state index contributed by atoms with van der Waals surface area (Å²) in [5.41, 5.74) is 1.80. The molecule has 94 valence electrons. The maximum atomic E-state index is 10.5. The van der Waals surface area contributed by atoms with E-state index in [1.54, 1.807) is 0 Å². The number of hydrogen-bond donors (Lipinski definition) is 2. The molecule has 0 fully saturated rings. The molecule has 0 aromatic carbocycles. The second kappa shape index (κ2) is 4.69. The number of amidine groups is 1. The Morgan fingerprint density at radius 3 is 3.28 bits per heavy atom. The number of thioether (sulfide) groups is 1. The Kier molecular flexibility index (Phi) is 3.04. The van der Waals surface area contributed by atoms with Gasteiger partial charge in [0.2, 0.25) is 0 Å². The summed E-state index contributed by atoms with van der Waals surface area (Å²) in [5, 5.41) is 12.7. The summed E-state index contributed by atoms with van der Waals surface area (Å²) in [4.78, 5) is 15.0. The Hall–Kier alpha value is -1.41. The standard InChI is InChI=1S/C10H10N4O2S2/c15-7(16)3-4-17-10-11-5-1-2-6-9(8(5)12-10)14-18-13-6/h1-2,5,8H,3-4H2,(H,11,12)(H,15,16). The van der Waals surface area contributed by atoms with Crippen molar-refractivity contribution in [2.75, 3.05) is 5.75 Å². The van der Waals surface area contributed by atoms with E-state index in [0.29, 0.717) is 5.75 Å². The normalized spacial score (nSPS) is 24.1. The van der Waals surface area contributed by atoms with Crippen molar-refractivity contribution in [2.45, 2.75) is 18.5 Å². The number of nitrogens with one attached hydrogen (secondary N) is 1. The number of aliphatic imine (C=N–C) groups is 1. The first kappa shape index (κ1) is 11.7. The highest BCUT2D eigenvalue weighted by molar-refractivity contribution is 8.13. The zero-order valence-corrected chi connectivity index (χ0v) is 10.9. The van der Waals surface area contributed by atoms with E-state index in [4.69, 9.17) is 5.11 Å². The molecule has 0 amide bonds. The molecule has 2 N–H and O–H groups in total. The van der Waals surface area contributed by atoms with E-state index in [1.165, 1.54) is 23.5 Å². The van der Waals surface area contributed by atoms with Gasteiger partial charge in [0.25, 0.3) is 0 Å². The van der Waals surface area contributed by atoms with E-state index < -0.39 is 5.97 Å². The molecule has 6 nitrogen and oxygen atoms in total. The Balaban J connectivity index is 1.70. The molecule has 0 saturated carbocycles. The Bertz CT molecular complexity index is 540. The summed E-state index contributed by atoms with van der Waals surface area (Å²) >= 11 is 2.63. The van der Waals surface area contributed by atoms with Crippen LogP contribution >= 0.6 is 23.5 Å². The zero-order chi connectivity index (χ0) is 12.5. The van der Waals surface area contributed by atoms with Gasteiger partial charge in [-0.05, 0) is 6.08 Å². The van der Waals surface area contributed by atoms with Gasteiger partial charge in [-0.1, -0.05) is 17.8 Å². The monoisotopic (exact) mass is 282 g/mol. The molecule has 2 aliphatic rings. The molecule has 1 aliphatic carbocycles. The average molecular weight is 282 g/mol. The molecule has 8 heteroatoms. The minimum absolute atomic E-state index is 0.0175. The van der Waals surface area contributed by atoms with Crippen molar-refractivity contribution in [3.05, 3.63) is 17.5 Å². The summed E-state index contributed by atoms with van der Waals surface area (Å²) in [7, 11) is 0. The van der Waals surface area contributed by atoms with Crippen LogP contribution in [0.2, 0.25) is 0 Å². The van der Waals surface area contributed by atoms with Crippen molar-refractivity contribution in [1.82, 2.24) is 14.1 Å². The topological polar surface area (TPSA) is 87.5 Å². The zero-order valence-electron chi connectivity index (χ0n) is 9.24. The molecule has 0 saturated heterocycles. The predicted octanol–water partition coefficient (Wildman–Crippen LogP) is 1.14. The molecule has 0 radical (unpaired) electrons. The number of rotatable bonds is 3. The lowest BCUT2D eigenvalue weighted by Gasteiger charge is -2.16. The van der Waals surface area contributed by atoms with Crippen molar-refractivity contribution in [3.63, 3.8) is 0 Å². The van der Waals surface area contributed by atoms with Crippen LogP contribution in [0.1, 0.15) is 23.9 Å². The summed E-state index contributed by atoms with van der Waals surface area (Å²) in [6.07, 6.45) is 4.12. The van der Waals surface area contributed by atoms with Crippen LogP contribution in [0.5, 0.6) is 0 Å². The first-order valence-corrected chi connectivity index (χ1v) is 7.15. The number of carboxylic acids is 1. The van der Waals surface area contributed by atoms with Crippen LogP contribution in [0.4, 0.5) is 0 Å². The fraction of sp³-hybridized carbons (Fsp3) is 0.400. The lowest BCUT2D eigenvalue weighted by atomic mass is 9.99. The third kappa shape index (κ3) is 2.13. The molecule has 2 heterocycles. The van der Waals surface area contributed by atoms with Gasteiger partial charge >= 0.3 is 5.97 Å². The lowest BCUT2D eigenvalue weighted by molar-refractivity contribution is -0.136. The van der Waals surface area contributed by atoms with Crippen molar-refractivity contribution >= 4 is 40.7 Å². The van der Waals surface area contributed by atoms with Crippen LogP contribution in [0.15, 0.2) is 11.1 Å². The number of aromatic nitrogens is 2. The predicted molar refractivity (Wildman–Crippen MR) is 70.8 cm³/mol. The summed E-state index contributed by atoms with van der Waals surface area (Å²) in [5.74, 6) is -0.267. The van der Waals surface area contributed by atoms with E-state index in [0.717, 1.165) is 16.6 Å². The Morgan fingerprint density at radius 1 is 1.56 bits per heavy atom. The highest BCUT2D eigenvalue weighted by Crippen LogP contribution is 2.34. The van der Waals surface area contributed by atoms with Crippen LogP contribution in [0.25, 0.3) is 6.08 Å². The first-order chi connectivity index (χ1) is 8.74. The van der Waals surface area contributed by atoms with Crippen molar-refractivity contribution < 1.29 is 9.90 Å². The molecule has 18 heavy (non-hydrogen) atoms. The van der Waals surface area contributed by atoms with Gasteiger partial charge in [0, 0.05) is 5.75 Å². The SMILES string of the molecule is O=C(O)CCSC1=NC2c3nsnc3C=CC2N1. The summed E-state index contributed by atoms with van der Waals surface area (Å²) in [6.45, 7) is 0. The molecule has 1 aliphatic heterocycles. The van der Waals surface area contributed by atoms with Crippen LogP contribution in [0.3, 0.4) is 0 Å². The van der Waals surface area contributed by atoms with E-state index in [1.807, 2.05) is 12.2 Å². The highest BCUT2D eigenvalue weighted by atomic mass is 32.2. The number of carboxylic acid groups (broad SMARTS) is 1. The van der Waals surface area contributed by atoms with E-state index >= 15 is 0 Å². The van der Waals surface area contributed by atoms with Crippen LogP contribution in [-0.4, -0.2) is 36.8 Å². The average Bonchev–Trinajstić information content (AvgIpc) is 2.92. The minimum atomic E-state index is -0.788. The van der Waals surface area contributed by atoms with Crippen molar-refractivity contribution in [1.29, 1.82) is 0 Å². The second-order valence-corrected chi connectivity index (χ2v) is 5.55. The molecule has 0 bridgehead atoms. The number of carbonyl (C=O) groups is 1. The van der Waals surface area contributed by atoms with Crippen LogP contribution in [-0.2, 0) is 4.79 Å². The number of nitrogens with zero attached hydrogens (tertiary/aromatic N) is 3. The number of aliphatic carboxylic acids is 1. The molecule has 1 aromatic heterocycles.